The zero-order valence-electron chi connectivity index (χ0n) is 9.47. The van der Waals surface area contributed by atoms with Crippen LogP contribution in [0.15, 0.2) is 18.2 Å². The van der Waals surface area contributed by atoms with Crippen LogP contribution in [-0.4, -0.2) is 34.0 Å². The topological polar surface area (TPSA) is 95.5 Å². The molecule has 1 aromatic carbocycles. The Morgan fingerprint density at radius 3 is 2.79 bits per heavy atom. The van der Waals surface area contributed by atoms with Crippen molar-refractivity contribution in [2.75, 3.05) is 11.1 Å². The Morgan fingerprint density at radius 2 is 2.21 bits per heavy atom. The van der Waals surface area contributed by atoms with Gasteiger partial charge >= 0.3 is 5.97 Å². The van der Waals surface area contributed by atoms with E-state index in [9.17, 15) is 14.4 Å². The number of nitrogens with one attached hydrogen (secondary N) is 2. The predicted octanol–water partition coefficient (Wildman–Crippen LogP) is 1.80. The maximum Gasteiger partial charge on any atom is 0.337 e. The fraction of sp³-hybridized carbons (Fsp3) is 0.182. The molecular weight excluding hydrogens is 292 g/mol. The molecule has 0 spiro atoms. The van der Waals surface area contributed by atoms with Crippen LogP contribution in [0.3, 0.4) is 0 Å². The van der Waals surface area contributed by atoms with Gasteiger partial charge in [0.2, 0.25) is 5.91 Å². The van der Waals surface area contributed by atoms with E-state index < -0.39 is 17.9 Å². The molecular formula is C11H9ClN2O4S. The number of hydrogen-bond acceptors (Lipinski definition) is 4. The van der Waals surface area contributed by atoms with Gasteiger partial charge < -0.3 is 15.7 Å². The average Bonchev–Trinajstić information content (AvgIpc) is 2.78. The largest absolute Gasteiger partial charge is 0.478 e. The Labute approximate surface area is 117 Å². The summed E-state index contributed by atoms with van der Waals surface area (Å²) in [5, 5.41) is 13.8. The van der Waals surface area contributed by atoms with Crippen molar-refractivity contribution >= 4 is 46.2 Å². The number of aromatic carboxylic acids is 1. The van der Waals surface area contributed by atoms with Gasteiger partial charge in [-0.2, -0.15) is 0 Å². The fourth-order valence-electron chi connectivity index (χ4n) is 1.57. The van der Waals surface area contributed by atoms with Crippen molar-refractivity contribution in [3.8, 4) is 0 Å². The maximum atomic E-state index is 11.9. The highest BCUT2D eigenvalue weighted by Crippen LogP contribution is 2.26. The summed E-state index contributed by atoms with van der Waals surface area (Å²) in [5.41, 5.74) is -0.0642. The molecule has 1 unspecified atom stereocenters. The third-order valence-corrected chi connectivity index (χ3v) is 3.68. The lowest BCUT2D eigenvalue weighted by molar-refractivity contribution is -0.117. The van der Waals surface area contributed by atoms with Crippen molar-refractivity contribution in [2.45, 2.75) is 6.04 Å². The van der Waals surface area contributed by atoms with Crippen LogP contribution < -0.4 is 10.6 Å². The summed E-state index contributed by atoms with van der Waals surface area (Å²) in [7, 11) is 0. The van der Waals surface area contributed by atoms with E-state index in [0.29, 0.717) is 5.75 Å². The molecule has 1 atom stereocenters. The summed E-state index contributed by atoms with van der Waals surface area (Å²) in [6, 6.07) is 3.61. The van der Waals surface area contributed by atoms with Crippen molar-refractivity contribution in [1.82, 2.24) is 5.32 Å². The first-order valence-corrected chi connectivity index (χ1v) is 6.61. The van der Waals surface area contributed by atoms with Crippen molar-refractivity contribution < 1.29 is 19.5 Å². The fourth-order valence-corrected chi connectivity index (χ4v) is 2.57. The summed E-state index contributed by atoms with van der Waals surface area (Å²) in [6.45, 7) is 0. The van der Waals surface area contributed by atoms with Crippen molar-refractivity contribution in [1.29, 1.82) is 0 Å². The molecule has 1 aromatic rings. The zero-order chi connectivity index (χ0) is 14.0. The van der Waals surface area contributed by atoms with Crippen LogP contribution in [0, 0.1) is 0 Å². The predicted molar refractivity (Wildman–Crippen MR) is 71.8 cm³/mol. The van der Waals surface area contributed by atoms with Crippen LogP contribution in [0.4, 0.5) is 10.5 Å². The van der Waals surface area contributed by atoms with Gasteiger partial charge in [-0.1, -0.05) is 29.4 Å². The van der Waals surface area contributed by atoms with E-state index in [2.05, 4.69) is 10.6 Å². The number of carboxylic acid groups (broad SMARTS) is 1. The van der Waals surface area contributed by atoms with Gasteiger partial charge in [0.15, 0.2) is 0 Å². The summed E-state index contributed by atoms with van der Waals surface area (Å²) >= 11 is 6.88. The van der Waals surface area contributed by atoms with Gasteiger partial charge in [0.05, 0.1) is 16.3 Å². The summed E-state index contributed by atoms with van der Waals surface area (Å²) in [6.07, 6.45) is 0. The molecule has 0 bridgehead atoms. The molecule has 1 heterocycles. The molecule has 19 heavy (non-hydrogen) atoms. The van der Waals surface area contributed by atoms with Crippen molar-refractivity contribution in [3.05, 3.63) is 28.8 Å². The third-order valence-electron chi connectivity index (χ3n) is 2.48. The molecule has 2 amide bonds. The molecule has 2 rings (SSSR count). The number of anilines is 1. The SMILES string of the molecule is O=C1NC(C(=O)Nc2c(Cl)cccc2C(=O)O)CS1. The molecule has 1 saturated heterocycles. The highest BCUT2D eigenvalue weighted by molar-refractivity contribution is 8.14. The summed E-state index contributed by atoms with van der Waals surface area (Å²) < 4.78 is 0. The number of carbonyl (C=O) groups is 3. The Kier molecular flexibility index (Phi) is 3.96. The van der Waals surface area contributed by atoms with E-state index in [-0.39, 0.29) is 21.5 Å². The van der Waals surface area contributed by atoms with Gasteiger partial charge in [-0.3, -0.25) is 9.59 Å². The first-order chi connectivity index (χ1) is 8.99. The number of hydrogen-bond donors (Lipinski definition) is 3. The van der Waals surface area contributed by atoms with Gasteiger partial charge in [-0.15, -0.1) is 0 Å². The van der Waals surface area contributed by atoms with Crippen LogP contribution in [0.25, 0.3) is 0 Å². The highest BCUT2D eigenvalue weighted by atomic mass is 35.5. The first kappa shape index (κ1) is 13.7. The zero-order valence-corrected chi connectivity index (χ0v) is 11.0. The molecule has 8 heteroatoms. The van der Waals surface area contributed by atoms with Gasteiger partial charge in [-0.25, -0.2) is 4.79 Å². The second-order valence-electron chi connectivity index (χ2n) is 3.75. The van der Waals surface area contributed by atoms with Crippen LogP contribution >= 0.6 is 23.4 Å². The van der Waals surface area contributed by atoms with E-state index >= 15 is 0 Å². The molecule has 1 fully saturated rings. The monoisotopic (exact) mass is 300 g/mol. The molecule has 0 aliphatic carbocycles. The van der Waals surface area contributed by atoms with E-state index in [1.807, 2.05) is 0 Å². The van der Waals surface area contributed by atoms with E-state index in [1.165, 1.54) is 18.2 Å². The molecule has 1 aliphatic rings. The minimum atomic E-state index is -1.19. The number of amides is 2. The average molecular weight is 301 g/mol. The van der Waals surface area contributed by atoms with Crippen molar-refractivity contribution in [3.63, 3.8) is 0 Å². The number of carboxylic acids is 1. The van der Waals surface area contributed by atoms with Gasteiger partial charge in [0.1, 0.15) is 6.04 Å². The Balaban J connectivity index is 2.21. The number of para-hydroxylation sites is 1. The molecule has 0 aromatic heterocycles. The second-order valence-corrected chi connectivity index (χ2v) is 5.15. The Morgan fingerprint density at radius 1 is 1.47 bits per heavy atom. The minimum absolute atomic E-state index is 0.0350. The van der Waals surface area contributed by atoms with Crippen molar-refractivity contribution in [2.24, 2.45) is 0 Å². The van der Waals surface area contributed by atoms with Crippen LogP contribution in [0.5, 0.6) is 0 Å². The van der Waals surface area contributed by atoms with E-state index in [4.69, 9.17) is 16.7 Å². The molecule has 3 N–H and O–H groups in total. The van der Waals surface area contributed by atoms with Gasteiger partial charge in [-0.05, 0) is 12.1 Å². The first-order valence-electron chi connectivity index (χ1n) is 5.25. The van der Waals surface area contributed by atoms with E-state index in [1.54, 1.807) is 0 Å². The lowest BCUT2D eigenvalue weighted by Gasteiger charge is -2.13. The standard InChI is InChI=1S/C11H9ClN2O4S/c12-6-3-1-2-5(10(16)17)8(6)14-9(15)7-4-19-11(18)13-7/h1-3,7H,4H2,(H,13,18)(H,14,15)(H,16,17). The smallest absolute Gasteiger partial charge is 0.337 e. The normalized spacial score (nSPS) is 17.9. The van der Waals surface area contributed by atoms with Crippen LogP contribution in [0.2, 0.25) is 5.02 Å². The Hall–Kier alpha value is -1.73. The maximum absolute atomic E-state index is 11.9. The Bertz CT molecular complexity index is 564. The number of halogens is 1. The van der Waals surface area contributed by atoms with Gasteiger partial charge in [0.25, 0.3) is 5.24 Å². The van der Waals surface area contributed by atoms with E-state index in [0.717, 1.165) is 11.8 Å². The number of benzene rings is 1. The molecule has 6 nitrogen and oxygen atoms in total. The highest BCUT2D eigenvalue weighted by Gasteiger charge is 2.29. The third kappa shape index (κ3) is 2.99. The molecule has 1 aliphatic heterocycles. The molecule has 100 valence electrons. The molecule has 0 radical (unpaired) electrons. The lowest BCUT2D eigenvalue weighted by atomic mass is 10.1. The molecule has 0 saturated carbocycles. The summed E-state index contributed by atoms with van der Waals surface area (Å²) in [5.74, 6) is -1.38. The van der Waals surface area contributed by atoms with Crippen LogP contribution in [-0.2, 0) is 4.79 Å². The number of rotatable bonds is 3. The second kappa shape index (κ2) is 5.50. The lowest BCUT2D eigenvalue weighted by Crippen LogP contribution is -2.39. The van der Waals surface area contributed by atoms with Crippen LogP contribution in [0.1, 0.15) is 10.4 Å². The summed E-state index contributed by atoms with van der Waals surface area (Å²) in [4.78, 5) is 33.9. The van der Waals surface area contributed by atoms with Gasteiger partial charge in [0, 0.05) is 5.75 Å². The number of thioether (sulfide) groups is 1. The quantitative estimate of drug-likeness (QED) is 0.791. The minimum Gasteiger partial charge on any atom is -0.478 e. The number of carbonyl (C=O) groups excluding carboxylic acids is 2.